The predicted octanol–water partition coefficient (Wildman–Crippen LogP) is 6.29. The van der Waals surface area contributed by atoms with Gasteiger partial charge in [-0.2, -0.15) is 0 Å². The van der Waals surface area contributed by atoms with Crippen LogP contribution in [0.5, 0.6) is 0 Å². The van der Waals surface area contributed by atoms with Gasteiger partial charge in [0.1, 0.15) is 0 Å². The van der Waals surface area contributed by atoms with Crippen LogP contribution in [0.1, 0.15) is 21.5 Å². The first-order chi connectivity index (χ1) is 14.5. The summed E-state index contributed by atoms with van der Waals surface area (Å²) in [5.41, 5.74) is 5.02. The lowest BCUT2D eigenvalue weighted by Crippen LogP contribution is -2.05. The molecule has 0 aliphatic rings. The zero-order chi connectivity index (χ0) is 21.1. The number of Topliss-reactive ketones (excluding diaryl/α,β-unsaturated/α-hetero) is 1. The van der Waals surface area contributed by atoms with Crippen molar-refractivity contribution < 1.29 is 4.79 Å². The Balaban J connectivity index is 1.67. The van der Waals surface area contributed by atoms with E-state index in [9.17, 15) is 4.79 Å². The topological polar surface area (TPSA) is 47.8 Å². The number of halogens is 1. The molecule has 0 atom stereocenters. The van der Waals surface area contributed by atoms with E-state index in [0.717, 1.165) is 21.5 Å². The van der Waals surface area contributed by atoms with Gasteiger partial charge in [0.2, 0.25) is 0 Å². The molecule has 6 heteroatoms. The lowest BCUT2D eigenvalue weighted by Gasteiger charge is -2.11. The average Bonchev–Trinajstić information content (AvgIpc) is 3.17. The van der Waals surface area contributed by atoms with Gasteiger partial charge in [-0.25, -0.2) is 0 Å². The van der Waals surface area contributed by atoms with E-state index >= 15 is 0 Å². The Labute approximate surface area is 188 Å². The van der Waals surface area contributed by atoms with Crippen LogP contribution in [0.15, 0.2) is 82.4 Å². The molecule has 0 unspecified atom stereocenters. The summed E-state index contributed by atoms with van der Waals surface area (Å²) < 4.78 is 2.97. The maximum Gasteiger partial charge on any atom is 0.196 e. The van der Waals surface area contributed by atoms with Gasteiger partial charge in [-0.1, -0.05) is 87.3 Å². The fourth-order valence-electron chi connectivity index (χ4n) is 3.03. The number of carbonyl (C=O) groups is 1. The quantitative estimate of drug-likeness (QED) is 0.242. The molecule has 0 saturated carbocycles. The Bertz CT molecular complexity index is 1170. The van der Waals surface area contributed by atoms with E-state index in [0.29, 0.717) is 16.5 Å². The van der Waals surface area contributed by atoms with Gasteiger partial charge < -0.3 is 0 Å². The molecular weight excluding hydrogens is 458 g/mol. The van der Waals surface area contributed by atoms with E-state index in [2.05, 4.69) is 76.4 Å². The molecule has 30 heavy (non-hydrogen) atoms. The van der Waals surface area contributed by atoms with Crippen LogP contribution in [0.4, 0.5) is 0 Å². The molecule has 0 saturated heterocycles. The lowest BCUT2D eigenvalue weighted by atomic mass is 10.1. The molecule has 4 aromatic rings. The predicted molar refractivity (Wildman–Crippen MR) is 125 cm³/mol. The van der Waals surface area contributed by atoms with Crippen molar-refractivity contribution in [1.29, 1.82) is 0 Å². The Hall–Kier alpha value is -2.70. The standard InChI is InChI=1S/C24H20BrN3OS/c1-16-3-7-19(8-4-16)23-26-27-24(28(23)21-13-5-17(2)6-14-21)30-15-22(29)18-9-11-20(25)12-10-18/h3-14H,15H2,1-2H3. The van der Waals surface area contributed by atoms with E-state index in [-0.39, 0.29) is 5.78 Å². The van der Waals surface area contributed by atoms with Crippen LogP contribution in [-0.2, 0) is 0 Å². The van der Waals surface area contributed by atoms with Gasteiger partial charge in [0, 0.05) is 21.3 Å². The number of hydrogen-bond acceptors (Lipinski definition) is 4. The number of aryl methyl sites for hydroxylation is 2. The van der Waals surface area contributed by atoms with Gasteiger partial charge in [-0.15, -0.1) is 10.2 Å². The second kappa shape index (κ2) is 8.98. The monoisotopic (exact) mass is 477 g/mol. The molecule has 0 N–H and O–H groups in total. The number of ketones is 1. The van der Waals surface area contributed by atoms with Crippen molar-refractivity contribution in [3.8, 4) is 17.1 Å². The van der Waals surface area contributed by atoms with E-state index in [1.165, 1.54) is 22.9 Å². The highest BCUT2D eigenvalue weighted by Crippen LogP contribution is 2.29. The molecule has 1 heterocycles. The summed E-state index contributed by atoms with van der Waals surface area (Å²) in [6.45, 7) is 4.12. The molecule has 0 aliphatic heterocycles. The first-order valence-corrected chi connectivity index (χ1v) is 11.3. The summed E-state index contributed by atoms with van der Waals surface area (Å²) in [6, 6.07) is 23.9. The average molecular weight is 478 g/mol. The fraction of sp³-hybridized carbons (Fsp3) is 0.125. The molecule has 0 amide bonds. The molecular formula is C24H20BrN3OS. The maximum absolute atomic E-state index is 12.6. The highest BCUT2D eigenvalue weighted by atomic mass is 79.9. The van der Waals surface area contributed by atoms with E-state index in [1.54, 1.807) is 0 Å². The van der Waals surface area contributed by atoms with Gasteiger partial charge in [-0.05, 0) is 38.1 Å². The van der Waals surface area contributed by atoms with Crippen molar-refractivity contribution in [2.45, 2.75) is 19.0 Å². The van der Waals surface area contributed by atoms with Crippen LogP contribution < -0.4 is 0 Å². The van der Waals surface area contributed by atoms with Crippen molar-refractivity contribution in [2.24, 2.45) is 0 Å². The molecule has 1 aromatic heterocycles. The Morgan fingerprint density at radius 2 is 1.47 bits per heavy atom. The van der Waals surface area contributed by atoms with Crippen molar-refractivity contribution in [3.63, 3.8) is 0 Å². The van der Waals surface area contributed by atoms with Gasteiger partial charge in [0.15, 0.2) is 16.8 Å². The molecule has 0 aliphatic carbocycles. The van der Waals surface area contributed by atoms with Crippen LogP contribution in [0.3, 0.4) is 0 Å². The number of hydrogen-bond donors (Lipinski definition) is 0. The van der Waals surface area contributed by atoms with Crippen LogP contribution in [0.2, 0.25) is 0 Å². The molecule has 150 valence electrons. The number of rotatable bonds is 6. The molecule has 0 radical (unpaired) electrons. The number of carbonyl (C=O) groups excluding carboxylic acids is 1. The summed E-state index contributed by atoms with van der Waals surface area (Å²) in [7, 11) is 0. The van der Waals surface area contributed by atoms with E-state index in [1.807, 2.05) is 41.0 Å². The smallest absolute Gasteiger partial charge is 0.196 e. The number of aromatic nitrogens is 3. The third-order valence-electron chi connectivity index (χ3n) is 4.73. The van der Waals surface area contributed by atoms with Crippen LogP contribution >= 0.6 is 27.7 Å². The molecule has 3 aromatic carbocycles. The molecule has 0 spiro atoms. The second-order valence-corrected chi connectivity index (χ2v) is 8.92. The van der Waals surface area contributed by atoms with Gasteiger partial charge in [0.25, 0.3) is 0 Å². The largest absolute Gasteiger partial charge is 0.293 e. The SMILES string of the molecule is Cc1ccc(-c2nnc(SCC(=O)c3ccc(Br)cc3)n2-c2ccc(C)cc2)cc1. The minimum absolute atomic E-state index is 0.0582. The van der Waals surface area contributed by atoms with Gasteiger partial charge >= 0.3 is 0 Å². The highest BCUT2D eigenvalue weighted by molar-refractivity contribution is 9.10. The molecule has 4 nitrogen and oxygen atoms in total. The van der Waals surface area contributed by atoms with E-state index in [4.69, 9.17) is 0 Å². The highest BCUT2D eigenvalue weighted by Gasteiger charge is 2.17. The van der Waals surface area contributed by atoms with Crippen LogP contribution in [0, 0.1) is 13.8 Å². The van der Waals surface area contributed by atoms with Gasteiger partial charge in [-0.3, -0.25) is 9.36 Å². The van der Waals surface area contributed by atoms with E-state index < -0.39 is 0 Å². The first kappa shape index (κ1) is 20.6. The Morgan fingerprint density at radius 3 is 2.10 bits per heavy atom. The Kier molecular flexibility index (Phi) is 6.16. The number of benzene rings is 3. The van der Waals surface area contributed by atoms with Gasteiger partial charge in [0.05, 0.1) is 5.75 Å². The minimum Gasteiger partial charge on any atom is -0.293 e. The minimum atomic E-state index is 0.0582. The lowest BCUT2D eigenvalue weighted by molar-refractivity contribution is 0.102. The van der Waals surface area contributed by atoms with Crippen molar-refractivity contribution in [2.75, 3.05) is 5.75 Å². The maximum atomic E-state index is 12.6. The van der Waals surface area contributed by atoms with Crippen LogP contribution in [0.25, 0.3) is 17.1 Å². The molecule has 0 bridgehead atoms. The molecule has 4 rings (SSSR count). The third kappa shape index (κ3) is 4.55. The normalized spacial score (nSPS) is 10.9. The van der Waals surface area contributed by atoms with Crippen molar-refractivity contribution in [1.82, 2.24) is 14.8 Å². The summed E-state index contributed by atoms with van der Waals surface area (Å²) in [4.78, 5) is 12.6. The molecule has 0 fully saturated rings. The zero-order valence-electron chi connectivity index (χ0n) is 16.7. The second-order valence-electron chi connectivity index (χ2n) is 7.06. The first-order valence-electron chi connectivity index (χ1n) is 9.52. The number of thioether (sulfide) groups is 1. The fourth-order valence-corrected chi connectivity index (χ4v) is 4.14. The zero-order valence-corrected chi connectivity index (χ0v) is 19.1. The van der Waals surface area contributed by atoms with Crippen molar-refractivity contribution in [3.05, 3.63) is 94.0 Å². The summed E-state index contributed by atoms with van der Waals surface area (Å²) >= 11 is 4.80. The summed E-state index contributed by atoms with van der Waals surface area (Å²) in [5.74, 6) is 1.11. The third-order valence-corrected chi connectivity index (χ3v) is 6.19. The number of nitrogens with zero attached hydrogens (tertiary/aromatic N) is 3. The van der Waals surface area contributed by atoms with Crippen LogP contribution in [-0.4, -0.2) is 26.3 Å². The summed E-state index contributed by atoms with van der Waals surface area (Å²) in [5, 5.41) is 9.56. The Morgan fingerprint density at radius 1 is 0.867 bits per heavy atom. The summed E-state index contributed by atoms with van der Waals surface area (Å²) in [6.07, 6.45) is 0. The van der Waals surface area contributed by atoms with Crippen molar-refractivity contribution >= 4 is 33.5 Å².